The first kappa shape index (κ1) is 19.2. The van der Waals surface area contributed by atoms with Crippen LogP contribution in [0.4, 0.5) is 0 Å². The van der Waals surface area contributed by atoms with Gasteiger partial charge in [-0.05, 0) is 73.2 Å². The molecular weight excluding hydrogens is 356 g/mol. The van der Waals surface area contributed by atoms with E-state index in [4.69, 9.17) is 14.2 Å². The lowest BCUT2D eigenvalue weighted by Gasteiger charge is -2.08. The van der Waals surface area contributed by atoms with Crippen molar-refractivity contribution < 1.29 is 23.8 Å². The Labute approximate surface area is 163 Å². The molecule has 0 saturated carbocycles. The molecule has 0 aromatic heterocycles. The predicted molar refractivity (Wildman–Crippen MR) is 105 cm³/mol. The maximum absolute atomic E-state index is 12.2. The van der Waals surface area contributed by atoms with Crippen LogP contribution < -0.4 is 14.2 Å². The van der Waals surface area contributed by atoms with Gasteiger partial charge < -0.3 is 14.2 Å². The smallest absolute Gasteiger partial charge is 0.343 e. The Kier molecular flexibility index (Phi) is 6.07. The van der Waals surface area contributed by atoms with Gasteiger partial charge in [0.05, 0.1) is 12.7 Å². The minimum atomic E-state index is -0.433. The lowest BCUT2D eigenvalue weighted by Crippen LogP contribution is -2.08. The van der Waals surface area contributed by atoms with Gasteiger partial charge in [-0.15, -0.1) is 0 Å². The fourth-order valence-electron chi connectivity index (χ4n) is 2.50. The SMILES string of the molecule is COc1ccc(OC(=O)c2ccc(COc3ccc(C(C)=O)cc3)cc2)cc1. The van der Waals surface area contributed by atoms with E-state index in [2.05, 4.69) is 0 Å². The van der Waals surface area contributed by atoms with Crippen molar-refractivity contribution >= 4 is 11.8 Å². The van der Waals surface area contributed by atoms with Crippen LogP contribution in [-0.4, -0.2) is 18.9 Å². The molecule has 0 amide bonds. The molecule has 3 aromatic rings. The summed E-state index contributed by atoms with van der Waals surface area (Å²) in [5, 5.41) is 0. The summed E-state index contributed by atoms with van der Waals surface area (Å²) >= 11 is 0. The topological polar surface area (TPSA) is 61.8 Å². The Morgan fingerprint density at radius 2 is 1.25 bits per heavy atom. The van der Waals surface area contributed by atoms with E-state index in [9.17, 15) is 9.59 Å². The standard InChI is InChI=1S/C23H20O5/c1-16(24)18-7-9-21(10-8-18)27-15-17-3-5-19(6-4-17)23(25)28-22-13-11-20(26-2)12-14-22/h3-14H,15H2,1-2H3. The zero-order valence-corrected chi connectivity index (χ0v) is 15.7. The number of Topliss-reactive ketones (excluding diaryl/α,β-unsaturated/α-hetero) is 1. The van der Waals surface area contributed by atoms with Crippen LogP contribution >= 0.6 is 0 Å². The van der Waals surface area contributed by atoms with Crippen LogP contribution in [-0.2, 0) is 6.61 Å². The number of benzene rings is 3. The van der Waals surface area contributed by atoms with Gasteiger partial charge in [0.15, 0.2) is 5.78 Å². The van der Waals surface area contributed by atoms with E-state index in [-0.39, 0.29) is 5.78 Å². The summed E-state index contributed by atoms with van der Waals surface area (Å²) in [4.78, 5) is 23.5. The first-order valence-electron chi connectivity index (χ1n) is 8.74. The monoisotopic (exact) mass is 376 g/mol. The number of methoxy groups -OCH3 is 1. The molecule has 0 aliphatic carbocycles. The van der Waals surface area contributed by atoms with E-state index in [1.807, 2.05) is 12.1 Å². The molecule has 0 radical (unpaired) electrons. The van der Waals surface area contributed by atoms with Crippen molar-refractivity contribution in [3.8, 4) is 17.2 Å². The number of hydrogen-bond acceptors (Lipinski definition) is 5. The second kappa shape index (κ2) is 8.86. The number of hydrogen-bond donors (Lipinski definition) is 0. The molecule has 0 aliphatic heterocycles. The van der Waals surface area contributed by atoms with Gasteiger partial charge in [0.25, 0.3) is 0 Å². The summed E-state index contributed by atoms with van der Waals surface area (Å²) < 4.78 is 16.1. The van der Waals surface area contributed by atoms with Gasteiger partial charge in [0, 0.05) is 5.56 Å². The fourth-order valence-corrected chi connectivity index (χ4v) is 2.50. The van der Waals surface area contributed by atoms with E-state index in [1.54, 1.807) is 67.8 Å². The quantitative estimate of drug-likeness (QED) is 0.340. The van der Waals surface area contributed by atoms with Crippen molar-refractivity contribution in [2.75, 3.05) is 7.11 Å². The first-order chi connectivity index (χ1) is 13.5. The Morgan fingerprint density at radius 1 is 0.714 bits per heavy atom. The predicted octanol–water partition coefficient (Wildman–Crippen LogP) is 4.70. The number of ether oxygens (including phenoxy) is 3. The normalized spacial score (nSPS) is 10.2. The third-order valence-electron chi connectivity index (χ3n) is 4.13. The fraction of sp³-hybridized carbons (Fsp3) is 0.130. The number of carbonyl (C=O) groups excluding carboxylic acids is 2. The van der Waals surface area contributed by atoms with Crippen LogP contribution in [0, 0.1) is 0 Å². The van der Waals surface area contributed by atoms with E-state index >= 15 is 0 Å². The van der Waals surface area contributed by atoms with Gasteiger partial charge in [-0.1, -0.05) is 12.1 Å². The third-order valence-corrected chi connectivity index (χ3v) is 4.13. The minimum Gasteiger partial charge on any atom is -0.497 e. The molecule has 3 aromatic carbocycles. The molecule has 0 N–H and O–H groups in total. The van der Waals surface area contributed by atoms with Crippen LogP contribution in [0.2, 0.25) is 0 Å². The van der Waals surface area contributed by atoms with Crippen LogP contribution in [0.1, 0.15) is 33.2 Å². The molecule has 0 atom stereocenters. The molecule has 3 rings (SSSR count). The highest BCUT2D eigenvalue weighted by atomic mass is 16.5. The molecule has 0 aliphatic rings. The second-order valence-electron chi connectivity index (χ2n) is 6.13. The Morgan fingerprint density at radius 3 is 1.82 bits per heavy atom. The zero-order chi connectivity index (χ0) is 19.9. The van der Waals surface area contributed by atoms with Crippen molar-refractivity contribution in [1.29, 1.82) is 0 Å². The van der Waals surface area contributed by atoms with Crippen LogP contribution in [0.15, 0.2) is 72.8 Å². The van der Waals surface area contributed by atoms with Gasteiger partial charge in [-0.3, -0.25) is 4.79 Å². The van der Waals surface area contributed by atoms with E-state index < -0.39 is 5.97 Å². The number of rotatable bonds is 7. The lowest BCUT2D eigenvalue weighted by atomic mass is 10.1. The summed E-state index contributed by atoms with van der Waals surface area (Å²) in [6.45, 7) is 1.88. The first-order valence-corrected chi connectivity index (χ1v) is 8.74. The highest BCUT2D eigenvalue weighted by Gasteiger charge is 2.09. The maximum Gasteiger partial charge on any atom is 0.343 e. The molecule has 0 heterocycles. The Hall–Kier alpha value is -3.60. The number of esters is 1. The van der Waals surface area contributed by atoms with Crippen LogP contribution in [0.5, 0.6) is 17.2 Å². The highest BCUT2D eigenvalue weighted by Crippen LogP contribution is 2.19. The van der Waals surface area contributed by atoms with Crippen LogP contribution in [0.3, 0.4) is 0 Å². The largest absolute Gasteiger partial charge is 0.497 e. The van der Waals surface area contributed by atoms with E-state index in [1.165, 1.54) is 6.92 Å². The average molecular weight is 376 g/mol. The molecule has 5 nitrogen and oxygen atoms in total. The van der Waals surface area contributed by atoms with Crippen molar-refractivity contribution in [1.82, 2.24) is 0 Å². The van der Waals surface area contributed by atoms with Gasteiger partial charge in [-0.2, -0.15) is 0 Å². The summed E-state index contributed by atoms with van der Waals surface area (Å²) in [6.07, 6.45) is 0. The van der Waals surface area contributed by atoms with Gasteiger partial charge in [-0.25, -0.2) is 4.79 Å². The molecule has 0 unspecified atom stereocenters. The lowest BCUT2D eigenvalue weighted by molar-refractivity contribution is 0.0734. The summed E-state index contributed by atoms with van der Waals surface area (Å²) in [5.74, 6) is 1.40. The highest BCUT2D eigenvalue weighted by molar-refractivity contribution is 5.94. The number of carbonyl (C=O) groups is 2. The zero-order valence-electron chi connectivity index (χ0n) is 15.7. The van der Waals surface area contributed by atoms with Crippen molar-refractivity contribution in [3.63, 3.8) is 0 Å². The van der Waals surface area contributed by atoms with Gasteiger partial charge in [0.1, 0.15) is 23.9 Å². The third kappa shape index (κ3) is 4.98. The minimum absolute atomic E-state index is 0.0173. The molecule has 28 heavy (non-hydrogen) atoms. The Bertz CT molecular complexity index is 942. The second-order valence-corrected chi connectivity index (χ2v) is 6.13. The van der Waals surface area contributed by atoms with Crippen molar-refractivity contribution in [3.05, 3.63) is 89.5 Å². The summed E-state index contributed by atoms with van der Waals surface area (Å²) in [7, 11) is 1.58. The van der Waals surface area contributed by atoms with E-state index in [0.717, 1.165) is 5.56 Å². The number of ketones is 1. The molecular formula is C23H20O5. The molecule has 0 bridgehead atoms. The summed E-state index contributed by atoms with van der Waals surface area (Å²) in [6, 6.07) is 20.8. The average Bonchev–Trinajstić information content (AvgIpc) is 2.73. The Balaban J connectivity index is 1.56. The van der Waals surface area contributed by atoms with Gasteiger partial charge >= 0.3 is 5.97 Å². The van der Waals surface area contributed by atoms with Crippen molar-refractivity contribution in [2.24, 2.45) is 0 Å². The molecule has 0 spiro atoms. The van der Waals surface area contributed by atoms with Crippen LogP contribution in [0.25, 0.3) is 0 Å². The van der Waals surface area contributed by atoms with Gasteiger partial charge in [0.2, 0.25) is 0 Å². The van der Waals surface area contributed by atoms with Crippen molar-refractivity contribution in [2.45, 2.75) is 13.5 Å². The molecule has 0 fully saturated rings. The summed E-state index contributed by atoms with van der Waals surface area (Å²) in [5.41, 5.74) is 2.01. The molecule has 0 saturated heterocycles. The molecule has 142 valence electrons. The molecule has 5 heteroatoms. The maximum atomic E-state index is 12.2. The van der Waals surface area contributed by atoms with E-state index in [0.29, 0.717) is 35.0 Å².